The quantitative estimate of drug-likeness (QED) is 0.867. The molecule has 0 fully saturated rings. The number of carbonyl (C=O) groups is 1. The minimum Gasteiger partial charge on any atom is -0.337 e. The Bertz CT molecular complexity index is 742. The summed E-state index contributed by atoms with van der Waals surface area (Å²) in [5.41, 5.74) is 2.48. The third-order valence-electron chi connectivity index (χ3n) is 4.66. The van der Waals surface area contributed by atoms with Gasteiger partial charge >= 0.3 is 0 Å². The number of amides is 1. The molecule has 0 saturated heterocycles. The second kappa shape index (κ2) is 6.00. The molecule has 23 heavy (non-hydrogen) atoms. The zero-order valence-electron chi connectivity index (χ0n) is 13.2. The van der Waals surface area contributed by atoms with E-state index in [9.17, 15) is 4.79 Å². The van der Waals surface area contributed by atoms with E-state index in [0.29, 0.717) is 6.54 Å². The SMILES string of the molecule is CN(Cc1nnc2n1CCC2)C(=O)[C@H]1SCCc2ccccc21. The lowest BCUT2D eigenvalue weighted by atomic mass is 10.0. The average molecular weight is 328 g/mol. The number of hydrogen-bond acceptors (Lipinski definition) is 4. The van der Waals surface area contributed by atoms with Gasteiger partial charge in [0.05, 0.1) is 6.54 Å². The van der Waals surface area contributed by atoms with Gasteiger partial charge in [-0.2, -0.15) is 0 Å². The van der Waals surface area contributed by atoms with Crippen molar-refractivity contribution in [2.75, 3.05) is 12.8 Å². The zero-order valence-corrected chi connectivity index (χ0v) is 14.1. The normalized spacial score (nSPS) is 19.3. The topological polar surface area (TPSA) is 51.0 Å². The molecule has 0 spiro atoms. The van der Waals surface area contributed by atoms with Crippen molar-refractivity contribution >= 4 is 17.7 Å². The minimum atomic E-state index is -0.0917. The Hall–Kier alpha value is -1.82. The van der Waals surface area contributed by atoms with Gasteiger partial charge in [-0.05, 0) is 29.7 Å². The number of aromatic nitrogens is 3. The molecule has 0 aliphatic carbocycles. The molecule has 0 bridgehead atoms. The Balaban J connectivity index is 1.53. The average Bonchev–Trinajstić information content (AvgIpc) is 3.18. The van der Waals surface area contributed by atoms with Crippen LogP contribution < -0.4 is 0 Å². The molecule has 6 heteroatoms. The molecule has 1 aromatic heterocycles. The van der Waals surface area contributed by atoms with Crippen molar-refractivity contribution in [3.63, 3.8) is 0 Å². The van der Waals surface area contributed by atoms with Gasteiger partial charge in [-0.1, -0.05) is 24.3 Å². The molecule has 0 N–H and O–H groups in total. The summed E-state index contributed by atoms with van der Waals surface area (Å²) in [5, 5.41) is 8.40. The largest absolute Gasteiger partial charge is 0.337 e. The highest BCUT2D eigenvalue weighted by atomic mass is 32.2. The highest BCUT2D eigenvalue weighted by Crippen LogP contribution is 2.37. The van der Waals surface area contributed by atoms with Crippen LogP contribution in [0.5, 0.6) is 0 Å². The number of hydrogen-bond donors (Lipinski definition) is 0. The Kier molecular flexibility index (Phi) is 3.85. The molecule has 2 aliphatic rings. The second-order valence-electron chi connectivity index (χ2n) is 6.18. The van der Waals surface area contributed by atoms with Crippen LogP contribution in [-0.2, 0) is 30.7 Å². The van der Waals surface area contributed by atoms with E-state index >= 15 is 0 Å². The van der Waals surface area contributed by atoms with E-state index in [4.69, 9.17) is 0 Å². The zero-order chi connectivity index (χ0) is 15.8. The van der Waals surface area contributed by atoms with Crippen LogP contribution in [0.2, 0.25) is 0 Å². The predicted octanol–water partition coefficient (Wildman–Crippen LogP) is 2.21. The lowest BCUT2D eigenvalue weighted by molar-refractivity contribution is -0.130. The van der Waals surface area contributed by atoms with Crippen LogP contribution in [0.1, 0.15) is 34.4 Å². The summed E-state index contributed by atoms with van der Waals surface area (Å²) >= 11 is 1.75. The number of thioether (sulfide) groups is 1. The van der Waals surface area contributed by atoms with Crippen molar-refractivity contribution in [3.05, 3.63) is 47.0 Å². The summed E-state index contributed by atoms with van der Waals surface area (Å²) in [7, 11) is 1.87. The maximum absolute atomic E-state index is 12.9. The Morgan fingerprint density at radius 1 is 1.35 bits per heavy atom. The molecule has 4 rings (SSSR count). The van der Waals surface area contributed by atoms with Gasteiger partial charge in [-0.15, -0.1) is 22.0 Å². The number of fused-ring (bicyclic) bond motifs is 2. The van der Waals surface area contributed by atoms with Gasteiger partial charge in [-0.25, -0.2) is 0 Å². The van der Waals surface area contributed by atoms with Crippen LogP contribution >= 0.6 is 11.8 Å². The minimum absolute atomic E-state index is 0.0917. The molecule has 1 atom stereocenters. The first kappa shape index (κ1) is 14.8. The van der Waals surface area contributed by atoms with Crippen LogP contribution in [0.25, 0.3) is 0 Å². The Labute approximate surface area is 140 Å². The monoisotopic (exact) mass is 328 g/mol. The van der Waals surface area contributed by atoms with Crippen molar-refractivity contribution in [2.45, 2.75) is 37.6 Å². The first-order valence-corrected chi connectivity index (χ1v) is 9.14. The van der Waals surface area contributed by atoms with Gasteiger partial charge in [0.1, 0.15) is 11.1 Å². The number of benzene rings is 1. The highest BCUT2D eigenvalue weighted by molar-refractivity contribution is 8.00. The first-order valence-electron chi connectivity index (χ1n) is 8.09. The third-order valence-corrected chi connectivity index (χ3v) is 5.89. The molecule has 3 heterocycles. The third kappa shape index (κ3) is 2.65. The number of aryl methyl sites for hydroxylation is 2. The molecule has 5 nitrogen and oxygen atoms in total. The van der Waals surface area contributed by atoms with E-state index in [-0.39, 0.29) is 11.2 Å². The van der Waals surface area contributed by atoms with E-state index in [1.54, 1.807) is 16.7 Å². The van der Waals surface area contributed by atoms with Gasteiger partial charge < -0.3 is 9.47 Å². The maximum atomic E-state index is 12.9. The van der Waals surface area contributed by atoms with Crippen LogP contribution in [-0.4, -0.2) is 38.4 Å². The molecule has 1 amide bonds. The first-order chi connectivity index (χ1) is 11.2. The standard InChI is InChI=1S/C17H20N4OS/c1-20(11-15-19-18-14-7-4-9-21(14)15)17(22)16-13-6-3-2-5-12(13)8-10-23-16/h2-3,5-6,16H,4,7-11H2,1H3/t16-/m0/s1. The highest BCUT2D eigenvalue weighted by Gasteiger charge is 2.30. The van der Waals surface area contributed by atoms with Crippen LogP contribution in [0.4, 0.5) is 0 Å². The maximum Gasteiger partial charge on any atom is 0.240 e. The molecular formula is C17H20N4OS. The molecule has 0 saturated carbocycles. The van der Waals surface area contributed by atoms with Crippen molar-refractivity contribution in [2.24, 2.45) is 0 Å². The summed E-state index contributed by atoms with van der Waals surface area (Å²) < 4.78 is 2.16. The fraction of sp³-hybridized carbons (Fsp3) is 0.471. The molecular weight excluding hydrogens is 308 g/mol. The van der Waals surface area contributed by atoms with Crippen molar-refractivity contribution in [3.8, 4) is 0 Å². The number of carbonyl (C=O) groups excluding carboxylic acids is 1. The molecule has 0 radical (unpaired) electrons. The Morgan fingerprint density at radius 3 is 3.13 bits per heavy atom. The lowest BCUT2D eigenvalue weighted by Gasteiger charge is -2.28. The smallest absolute Gasteiger partial charge is 0.240 e. The van der Waals surface area contributed by atoms with Gasteiger partial charge in [0.2, 0.25) is 5.91 Å². The summed E-state index contributed by atoms with van der Waals surface area (Å²) in [6.07, 6.45) is 3.17. The summed E-state index contributed by atoms with van der Waals surface area (Å²) in [5.74, 6) is 3.12. The van der Waals surface area contributed by atoms with Crippen LogP contribution in [0, 0.1) is 0 Å². The summed E-state index contributed by atoms with van der Waals surface area (Å²) in [4.78, 5) is 14.7. The molecule has 2 aromatic rings. The number of nitrogens with zero attached hydrogens (tertiary/aromatic N) is 4. The molecule has 120 valence electrons. The van der Waals surface area contributed by atoms with E-state index in [2.05, 4.69) is 33.0 Å². The van der Waals surface area contributed by atoms with Gasteiger partial charge in [0, 0.05) is 20.0 Å². The van der Waals surface area contributed by atoms with E-state index in [1.165, 1.54) is 11.1 Å². The van der Waals surface area contributed by atoms with Gasteiger partial charge in [-0.3, -0.25) is 4.79 Å². The van der Waals surface area contributed by atoms with E-state index < -0.39 is 0 Å². The van der Waals surface area contributed by atoms with Crippen molar-refractivity contribution in [1.29, 1.82) is 0 Å². The van der Waals surface area contributed by atoms with Crippen LogP contribution in [0.3, 0.4) is 0 Å². The second-order valence-corrected chi connectivity index (χ2v) is 7.39. The molecule has 1 aromatic carbocycles. The Morgan fingerprint density at radius 2 is 2.22 bits per heavy atom. The number of likely N-dealkylation sites (N-methyl/N-ethyl adjacent to an activating group) is 1. The van der Waals surface area contributed by atoms with Gasteiger partial charge in [0.25, 0.3) is 0 Å². The fourth-order valence-electron chi connectivity index (χ4n) is 3.42. The van der Waals surface area contributed by atoms with Crippen LogP contribution in [0.15, 0.2) is 24.3 Å². The predicted molar refractivity (Wildman–Crippen MR) is 90.2 cm³/mol. The molecule has 2 aliphatic heterocycles. The number of rotatable bonds is 3. The summed E-state index contributed by atoms with van der Waals surface area (Å²) in [6, 6.07) is 8.31. The fourth-order valence-corrected chi connectivity index (χ4v) is 4.72. The van der Waals surface area contributed by atoms with Crippen molar-refractivity contribution < 1.29 is 4.79 Å². The van der Waals surface area contributed by atoms with Gasteiger partial charge in [0.15, 0.2) is 5.82 Å². The molecule has 0 unspecified atom stereocenters. The van der Waals surface area contributed by atoms with E-state index in [1.807, 2.05) is 13.1 Å². The van der Waals surface area contributed by atoms with E-state index in [0.717, 1.165) is 43.2 Å². The lowest BCUT2D eigenvalue weighted by Crippen LogP contribution is -2.32. The van der Waals surface area contributed by atoms with Crippen molar-refractivity contribution in [1.82, 2.24) is 19.7 Å². The summed E-state index contributed by atoms with van der Waals surface area (Å²) in [6.45, 7) is 1.51.